The minimum atomic E-state index is -0.0258. The van der Waals surface area contributed by atoms with Crippen LogP contribution in [0.1, 0.15) is 42.0 Å². The lowest BCUT2D eigenvalue weighted by Gasteiger charge is -2.25. The van der Waals surface area contributed by atoms with Crippen molar-refractivity contribution in [2.24, 2.45) is 0 Å². The minimum Gasteiger partial charge on any atom is -0.354 e. The van der Waals surface area contributed by atoms with Gasteiger partial charge in [0.15, 0.2) is 0 Å². The molecule has 158 valence electrons. The van der Waals surface area contributed by atoms with Gasteiger partial charge < -0.3 is 14.7 Å². The Morgan fingerprint density at radius 3 is 2.43 bits per heavy atom. The van der Waals surface area contributed by atoms with E-state index in [9.17, 15) is 4.79 Å². The summed E-state index contributed by atoms with van der Waals surface area (Å²) in [6.07, 6.45) is 1.75. The summed E-state index contributed by atoms with van der Waals surface area (Å²) in [4.78, 5) is 18.9. The van der Waals surface area contributed by atoms with Crippen molar-refractivity contribution in [3.63, 3.8) is 0 Å². The fraction of sp³-hybridized carbons (Fsp3) is 0.375. The van der Waals surface area contributed by atoms with E-state index in [0.29, 0.717) is 31.1 Å². The maximum Gasteiger partial charge on any atom is 0.227 e. The highest BCUT2D eigenvalue weighted by atomic mass is 16.5. The van der Waals surface area contributed by atoms with Crippen LogP contribution in [0.25, 0.3) is 11.4 Å². The molecule has 0 unspecified atom stereocenters. The number of carbonyl (C=O) groups excluding carboxylic acids is 1. The highest BCUT2D eigenvalue weighted by Gasteiger charge is 2.16. The molecule has 0 radical (unpaired) electrons. The van der Waals surface area contributed by atoms with Crippen LogP contribution in [0.4, 0.5) is 0 Å². The first-order chi connectivity index (χ1) is 14.5. The molecule has 1 atom stereocenters. The van der Waals surface area contributed by atoms with E-state index < -0.39 is 0 Å². The van der Waals surface area contributed by atoms with Gasteiger partial charge in [0, 0.05) is 24.9 Å². The van der Waals surface area contributed by atoms with Gasteiger partial charge in [-0.1, -0.05) is 66.2 Å². The van der Waals surface area contributed by atoms with Crippen molar-refractivity contribution in [3.8, 4) is 11.4 Å². The second-order valence-corrected chi connectivity index (χ2v) is 7.76. The highest BCUT2D eigenvalue weighted by Crippen LogP contribution is 2.19. The standard InChI is InChI=1S/C24H30N4O2/c1-5-18-8-12-19(13-9-18)21(28(3)4)16-25-22(29)14-15-23-26-24(27-30-23)20-10-6-17(2)7-11-20/h6-13,21H,5,14-16H2,1-4H3,(H,25,29)/t21-/m1/s1. The number of aromatic nitrogens is 2. The number of likely N-dealkylation sites (N-methyl/N-ethyl adjacent to an activating group) is 1. The molecule has 6 nitrogen and oxygen atoms in total. The molecule has 3 rings (SSSR count). The number of benzene rings is 2. The zero-order chi connectivity index (χ0) is 21.5. The quantitative estimate of drug-likeness (QED) is 0.582. The summed E-state index contributed by atoms with van der Waals surface area (Å²) < 4.78 is 5.31. The number of nitrogens with zero attached hydrogens (tertiary/aromatic N) is 3. The molecule has 1 aromatic heterocycles. The van der Waals surface area contributed by atoms with Crippen molar-refractivity contribution < 1.29 is 9.32 Å². The Balaban J connectivity index is 1.51. The van der Waals surface area contributed by atoms with Gasteiger partial charge in [-0.3, -0.25) is 4.79 Å². The molecular weight excluding hydrogens is 376 g/mol. The zero-order valence-electron chi connectivity index (χ0n) is 18.2. The van der Waals surface area contributed by atoms with Crippen LogP contribution < -0.4 is 5.32 Å². The van der Waals surface area contributed by atoms with Gasteiger partial charge in [0.2, 0.25) is 17.6 Å². The van der Waals surface area contributed by atoms with E-state index in [1.165, 1.54) is 16.7 Å². The first-order valence-electron chi connectivity index (χ1n) is 10.4. The number of carbonyl (C=O) groups is 1. The normalized spacial score (nSPS) is 12.2. The molecule has 0 saturated heterocycles. The lowest BCUT2D eigenvalue weighted by atomic mass is 10.0. The molecule has 2 aromatic carbocycles. The number of hydrogen-bond donors (Lipinski definition) is 1. The van der Waals surface area contributed by atoms with Gasteiger partial charge in [0.05, 0.1) is 6.04 Å². The first-order valence-corrected chi connectivity index (χ1v) is 10.4. The van der Waals surface area contributed by atoms with Gasteiger partial charge in [-0.05, 0) is 38.6 Å². The highest BCUT2D eigenvalue weighted by molar-refractivity contribution is 5.76. The van der Waals surface area contributed by atoms with Crippen molar-refractivity contribution in [2.45, 2.75) is 39.2 Å². The van der Waals surface area contributed by atoms with Crippen LogP contribution in [-0.4, -0.2) is 41.6 Å². The van der Waals surface area contributed by atoms with E-state index in [0.717, 1.165) is 12.0 Å². The molecule has 30 heavy (non-hydrogen) atoms. The van der Waals surface area contributed by atoms with E-state index in [1.807, 2.05) is 45.3 Å². The second kappa shape index (κ2) is 10.2. The van der Waals surface area contributed by atoms with Gasteiger partial charge in [-0.15, -0.1) is 0 Å². The monoisotopic (exact) mass is 406 g/mol. The molecule has 0 aliphatic rings. The lowest BCUT2D eigenvalue weighted by Crippen LogP contribution is -2.34. The Kier molecular flexibility index (Phi) is 7.36. The predicted octanol–water partition coefficient (Wildman–Crippen LogP) is 3.96. The fourth-order valence-corrected chi connectivity index (χ4v) is 3.27. The van der Waals surface area contributed by atoms with E-state index in [1.54, 1.807) is 0 Å². The first kappa shape index (κ1) is 21.7. The van der Waals surface area contributed by atoms with Crippen molar-refractivity contribution in [3.05, 3.63) is 71.1 Å². The fourth-order valence-electron chi connectivity index (χ4n) is 3.27. The average molecular weight is 407 g/mol. The van der Waals surface area contributed by atoms with Crippen LogP contribution in [0.2, 0.25) is 0 Å². The Bertz CT molecular complexity index is 946. The van der Waals surface area contributed by atoms with E-state index >= 15 is 0 Å². The van der Waals surface area contributed by atoms with E-state index in [4.69, 9.17) is 4.52 Å². The Morgan fingerprint density at radius 1 is 1.10 bits per heavy atom. The molecule has 1 N–H and O–H groups in total. The van der Waals surface area contributed by atoms with Crippen LogP contribution in [0.3, 0.4) is 0 Å². The Morgan fingerprint density at radius 2 is 1.80 bits per heavy atom. The van der Waals surface area contributed by atoms with Gasteiger partial charge in [0.25, 0.3) is 0 Å². The molecule has 0 spiro atoms. The summed E-state index contributed by atoms with van der Waals surface area (Å²) in [7, 11) is 4.05. The van der Waals surface area contributed by atoms with Gasteiger partial charge >= 0.3 is 0 Å². The van der Waals surface area contributed by atoms with E-state index in [-0.39, 0.29) is 11.9 Å². The molecule has 3 aromatic rings. The number of hydrogen-bond acceptors (Lipinski definition) is 5. The lowest BCUT2D eigenvalue weighted by molar-refractivity contribution is -0.121. The summed E-state index contributed by atoms with van der Waals surface area (Å²) >= 11 is 0. The average Bonchev–Trinajstić information content (AvgIpc) is 3.22. The largest absolute Gasteiger partial charge is 0.354 e. The van der Waals surface area contributed by atoms with Crippen LogP contribution in [-0.2, 0) is 17.6 Å². The zero-order valence-corrected chi connectivity index (χ0v) is 18.2. The van der Waals surface area contributed by atoms with E-state index in [2.05, 4.69) is 51.5 Å². The van der Waals surface area contributed by atoms with Crippen molar-refractivity contribution in [2.75, 3.05) is 20.6 Å². The molecule has 1 amide bonds. The molecule has 0 aliphatic carbocycles. The molecule has 1 heterocycles. The molecular formula is C24H30N4O2. The van der Waals surface area contributed by atoms with Crippen LogP contribution in [0.15, 0.2) is 53.1 Å². The summed E-state index contributed by atoms with van der Waals surface area (Å²) in [5.74, 6) is 0.996. The second-order valence-electron chi connectivity index (χ2n) is 7.76. The van der Waals surface area contributed by atoms with Crippen molar-refractivity contribution >= 4 is 5.91 Å². The SMILES string of the molecule is CCc1ccc([C@@H](CNC(=O)CCc2nc(-c3ccc(C)cc3)no2)N(C)C)cc1. The maximum atomic E-state index is 12.4. The third-order valence-corrected chi connectivity index (χ3v) is 5.23. The van der Waals surface area contributed by atoms with Gasteiger partial charge in [0.1, 0.15) is 0 Å². The summed E-state index contributed by atoms with van der Waals surface area (Å²) in [5.41, 5.74) is 4.58. The van der Waals surface area contributed by atoms with Crippen LogP contribution in [0.5, 0.6) is 0 Å². The number of aryl methyl sites for hydroxylation is 3. The molecule has 6 heteroatoms. The molecule has 0 saturated carbocycles. The number of nitrogens with one attached hydrogen (secondary N) is 1. The third-order valence-electron chi connectivity index (χ3n) is 5.23. The molecule has 0 bridgehead atoms. The van der Waals surface area contributed by atoms with Crippen LogP contribution in [0, 0.1) is 6.92 Å². The molecule has 0 fully saturated rings. The maximum absolute atomic E-state index is 12.4. The van der Waals surface area contributed by atoms with Gasteiger partial charge in [-0.25, -0.2) is 0 Å². The predicted molar refractivity (Wildman–Crippen MR) is 118 cm³/mol. The van der Waals surface area contributed by atoms with Crippen molar-refractivity contribution in [1.82, 2.24) is 20.4 Å². The summed E-state index contributed by atoms with van der Waals surface area (Å²) in [6, 6.07) is 16.6. The minimum absolute atomic E-state index is 0.0258. The van der Waals surface area contributed by atoms with Gasteiger partial charge in [-0.2, -0.15) is 4.98 Å². The summed E-state index contributed by atoms with van der Waals surface area (Å²) in [5, 5.41) is 7.06. The third kappa shape index (κ3) is 5.76. The van der Waals surface area contributed by atoms with Crippen molar-refractivity contribution in [1.29, 1.82) is 0 Å². The topological polar surface area (TPSA) is 71.3 Å². The number of amides is 1. The summed E-state index contributed by atoms with van der Waals surface area (Å²) in [6.45, 7) is 4.73. The molecule has 0 aliphatic heterocycles. The van der Waals surface area contributed by atoms with Crippen LogP contribution >= 0.6 is 0 Å². The Labute approximate surface area is 178 Å². The smallest absolute Gasteiger partial charge is 0.227 e. The Hall–Kier alpha value is -2.99. The number of rotatable bonds is 9.